The number of ketones is 1. The van der Waals surface area contributed by atoms with Crippen molar-refractivity contribution in [1.29, 1.82) is 0 Å². The standard InChI is InChI=1S/C23H26N4O3/c1-24-8-6-16-21-18(26-23(16)30)10-14(11-19(21)28)15-4-5-17-20(22(15)29)13(12-25-17)7-9-27(2)3/h4-5,10-12,24-25,29H,6-9H2,1-3H3,(H,26,30). The molecule has 1 amide bonds. The minimum absolute atomic E-state index is 0.144. The van der Waals surface area contributed by atoms with E-state index in [0.717, 1.165) is 29.4 Å². The lowest BCUT2D eigenvalue weighted by molar-refractivity contribution is -0.116. The van der Waals surface area contributed by atoms with Crippen molar-refractivity contribution in [3.05, 3.63) is 58.5 Å². The van der Waals surface area contributed by atoms with Gasteiger partial charge in [0.25, 0.3) is 5.91 Å². The van der Waals surface area contributed by atoms with E-state index in [0.29, 0.717) is 40.9 Å². The van der Waals surface area contributed by atoms with Gasteiger partial charge in [-0.2, -0.15) is 0 Å². The number of hydrogen-bond donors (Lipinski definition) is 4. The van der Waals surface area contributed by atoms with Crippen LogP contribution in [0.25, 0.3) is 16.5 Å². The molecule has 0 fully saturated rings. The molecule has 0 unspecified atom stereocenters. The molecule has 4 N–H and O–H groups in total. The van der Waals surface area contributed by atoms with Crippen molar-refractivity contribution >= 4 is 28.2 Å². The number of amides is 1. The molecule has 2 aliphatic rings. The van der Waals surface area contributed by atoms with Crippen LogP contribution in [0.15, 0.2) is 47.3 Å². The summed E-state index contributed by atoms with van der Waals surface area (Å²) in [6, 6.07) is 3.71. The van der Waals surface area contributed by atoms with Crippen molar-refractivity contribution in [3.63, 3.8) is 0 Å². The molecular weight excluding hydrogens is 380 g/mol. The summed E-state index contributed by atoms with van der Waals surface area (Å²) < 4.78 is 0. The van der Waals surface area contributed by atoms with Crippen LogP contribution in [0.1, 0.15) is 17.5 Å². The maximum absolute atomic E-state index is 12.9. The monoisotopic (exact) mass is 406 g/mol. The van der Waals surface area contributed by atoms with Gasteiger partial charge < -0.3 is 25.6 Å². The molecule has 1 aromatic heterocycles. The van der Waals surface area contributed by atoms with Crippen molar-refractivity contribution in [2.24, 2.45) is 0 Å². The number of phenolic OH excluding ortho intramolecular Hbond substituents is 1. The van der Waals surface area contributed by atoms with Crippen molar-refractivity contribution in [2.45, 2.75) is 12.8 Å². The fraction of sp³-hybridized carbons (Fsp3) is 0.304. The zero-order valence-corrected chi connectivity index (χ0v) is 17.4. The molecule has 2 aromatic rings. The molecule has 0 atom stereocenters. The summed E-state index contributed by atoms with van der Waals surface area (Å²) in [6.45, 7) is 1.47. The Hall–Kier alpha value is -3.16. The quantitative estimate of drug-likeness (QED) is 0.563. The Morgan fingerprint density at radius 1 is 1.13 bits per heavy atom. The molecule has 2 heterocycles. The highest BCUT2D eigenvalue weighted by molar-refractivity contribution is 6.22. The molecule has 0 bridgehead atoms. The van der Waals surface area contributed by atoms with E-state index in [1.165, 1.54) is 6.08 Å². The SMILES string of the molecule is CNCCC1=C2C(=O)C=C(c3ccc4[nH]cc(CCN(C)C)c4c3O)C=C2NC1=O. The highest BCUT2D eigenvalue weighted by Gasteiger charge is 2.33. The number of carbonyl (C=O) groups excluding carboxylic acids is 2. The smallest absolute Gasteiger partial charge is 0.252 e. The topological polar surface area (TPSA) is 97.5 Å². The molecule has 30 heavy (non-hydrogen) atoms. The summed E-state index contributed by atoms with van der Waals surface area (Å²) in [6.07, 6.45) is 6.47. The lowest BCUT2D eigenvalue weighted by atomic mass is 9.90. The second-order valence-electron chi connectivity index (χ2n) is 7.93. The van der Waals surface area contributed by atoms with E-state index in [4.69, 9.17) is 0 Å². The largest absolute Gasteiger partial charge is 0.507 e. The molecule has 0 saturated heterocycles. The highest BCUT2D eigenvalue weighted by Crippen LogP contribution is 2.39. The Morgan fingerprint density at radius 2 is 1.93 bits per heavy atom. The molecule has 7 nitrogen and oxygen atoms in total. The first-order valence-corrected chi connectivity index (χ1v) is 10.0. The van der Waals surface area contributed by atoms with E-state index in [-0.39, 0.29) is 17.4 Å². The second-order valence-corrected chi connectivity index (χ2v) is 7.93. The number of aromatic hydroxyl groups is 1. The average Bonchev–Trinajstić information content (AvgIpc) is 3.26. The predicted octanol–water partition coefficient (Wildman–Crippen LogP) is 1.86. The van der Waals surface area contributed by atoms with Gasteiger partial charge in [0.2, 0.25) is 0 Å². The third kappa shape index (κ3) is 3.46. The Labute approximate surface area is 175 Å². The van der Waals surface area contributed by atoms with E-state index in [9.17, 15) is 14.7 Å². The van der Waals surface area contributed by atoms with Gasteiger partial charge in [-0.25, -0.2) is 0 Å². The van der Waals surface area contributed by atoms with Crippen molar-refractivity contribution in [3.8, 4) is 5.75 Å². The van der Waals surface area contributed by atoms with Gasteiger partial charge in [0, 0.05) is 34.8 Å². The molecule has 1 aromatic carbocycles. The van der Waals surface area contributed by atoms with Crippen LogP contribution in [0, 0.1) is 0 Å². The minimum atomic E-state index is -0.231. The van der Waals surface area contributed by atoms with Gasteiger partial charge >= 0.3 is 0 Å². The number of benzene rings is 1. The van der Waals surface area contributed by atoms with Gasteiger partial charge in [-0.15, -0.1) is 0 Å². The Balaban J connectivity index is 1.74. The normalized spacial score (nSPS) is 16.3. The molecule has 1 aliphatic carbocycles. The number of phenols is 1. The van der Waals surface area contributed by atoms with E-state index in [1.54, 1.807) is 12.1 Å². The molecule has 7 heteroatoms. The van der Waals surface area contributed by atoms with E-state index in [2.05, 4.69) is 20.5 Å². The van der Waals surface area contributed by atoms with Gasteiger partial charge in [-0.05, 0) is 76.0 Å². The molecule has 1 aliphatic heterocycles. The van der Waals surface area contributed by atoms with E-state index in [1.807, 2.05) is 33.4 Å². The third-order valence-electron chi connectivity index (χ3n) is 5.59. The van der Waals surface area contributed by atoms with Crippen LogP contribution in [-0.4, -0.2) is 60.9 Å². The van der Waals surface area contributed by atoms with Crippen LogP contribution in [-0.2, 0) is 16.0 Å². The molecule has 156 valence electrons. The van der Waals surface area contributed by atoms with Crippen LogP contribution in [0.5, 0.6) is 5.75 Å². The number of carbonyl (C=O) groups is 2. The number of allylic oxidation sites excluding steroid dienone is 4. The lowest BCUT2D eigenvalue weighted by Crippen LogP contribution is -2.19. The Bertz CT molecular complexity index is 1130. The summed E-state index contributed by atoms with van der Waals surface area (Å²) in [4.78, 5) is 30.5. The fourth-order valence-corrected chi connectivity index (χ4v) is 4.03. The van der Waals surface area contributed by atoms with Crippen LogP contribution in [0.3, 0.4) is 0 Å². The van der Waals surface area contributed by atoms with Gasteiger partial charge in [0.1, 0.15) is 5.75 Å². The number of fused-ring (bicyclic) bond motifs is 2. The minimum Gasteiger partial charge on any atom is -0.507 e. The predicted molar refractivity (Wildman–Crippen MR) is 117 cm³/mol. The number of aromatic amines is 1. The van der Waals surface area contributed by atoms with Gasteiger partial charge in [0.05, 0.1) is 11.3 Å². The first kappa shape index (κ1) is 20.1. The number of hydrogen-bond acceptors (Lipinski definition) is 5. The van der Waals surface area contributed by atoms with Crippen LogP contribution in [0.4, 0.5) is 0 Å². The van der Waals surface area contributed by atoms with Crippen molar-refractivity contribution in [2.75, 3.05) is 34.2 Å². The van der Waals surface area contributed by atoms with E-state index < -0.39 is 0 Å². The zero-order chi connectivity index (χ0) is 21.4. The average molecular weight is 406 g/mol. The molecule has 0 spiro atoms. The van der Waals surface area contributed by atoms with E-state index >= 15 is 0 Å². The molecule has 0 saturated carbocycles. The summed E-state index contributed by atoms with van der Waals surface area (Å²) in [5, 5.41) is 17.6. The Kier molecular flexibility index (Phi) is 5.32. The fourth-order valence-electron chi connectivity index (χ4n) is 4.03. The number of likely N-dealkylation sites (N-methyl/N-ethyl adjacent to an activating group) is 1. The third-order valence-corrected chi connectivity index (χ3v) is 5.59. The Morgan fingerprint density at radius 3 is 2.67 bits per heavy atom. The molecular formula is C23H26N4O3. The summed E-state index contributed by atoms with van der Waals surface area (Å²) in [5.74, 6) is -0.301. The number of rotatable bonds is 7. The molecule has 4 rings (SSSR count). The summed E-state index contributed by atoms with van der Waals surface area (Å²) >= 11 is 0. The first-order chi connectivity index (χ1) is 14.4. The first-order valence-electron chi connectivity index (χ1n) is 10.0. The number of nitrogens with zero attached hydrogens (tertiary/aromatic N) is 1. The van der Waals surface area contributed by atoms with Gasteiger partial charge in [0.15, 0.2) is 5.78 Å². The highest BCUT2D eigenvalue weighted by atomic mass is 16.3. The van der Waals surface area contributed by atoms with Crippen LogP contribution in [0.2, 0.25) is 0 Å². The van der Waals surface area contributed by atoms with Gasteiger partial charge in [-0.3, -0.25) is 9.59 Å². The maximum Gasteiger partial charge on any atom is 0.252 e. The van der Waals surface area contributed by atoms with Crippen molar-refractivity contribution < 1.29 is 14.7 Å². The van der Waals surface area contributed by atoms with Crippen molar-refractivity contribution in [1.82, 2.24) is 20.5 Å². The van der Waals surface area contributed by atoms with Crippen LogP contribution < -0.4 is 10.6 Å². The van der Waals surface area contributed by atoms with Crippen LogP contribution >= 0.6 is 0 Å². The second kappa shape index (κ2) is 7.93. The summed E-state index contributed by atoms with van der Waals surface area (Å²) in [5.41, 5.74) is 4.50. The zero-order valence-electron chi connectivity index (χ0n) is 17.4. The maximum atomic E-state index is 12.9. The number of aromatic nitrogens is 1. The number of nitrogens with one attached hydrogen (secondary N) is 3. The molecule has 0 radical (unpaired) electrons. The summed E-state index contributed by atoms with van der Waals surface area (Å²) in [7, 11) is 5.83. The lowest BCUT2D eigenvalue weighted by Gasteiger charge is -2.15. The number of H-pyrrole nitrogens is 1. The van der Waals surface area contributed by atoms with Gasteiger partial charge in [-0.1, -0.05) is 0 Å².